The molecule has 0 spiro atoms. The molecule has 96 valence electrons. The zero-order chi connectivity index (χ0) is 12.8. The minimum absolute atomic E-state index is 0.250. The molecule has 0 heterocycles. The summed E-state index contributed by atoms with van der Waals surface area (Å²) in [6.45, 7) is 4.45. The van der Waals surface area contributed by atoms with Crippen molar-refractivity contribution < 1.29 is 0 Å². The van der Waals surface area contributed by atoms with Crippen molar-refractivity contribution in [3.8, 4) is 0 Å². The molecule has 0 bridgehead atoms. The van der Waals surface area contributed by atoms with E-state index in [-0.39, 0.29) is 6.04 Å². The van der Waals surface area contributed by atoms with Gasteiger partial charge in [0, 0.05) is 17.0 Å². The van der Waals surface area contributed by atoms with Crippen molar-refractivity contribution in [1.82, 2.24) is 5.32 Å². The van der Waals surface area contributed by atoms with E-state index in [1.807, 2.05) is 37.0 Å². The lowest BCUT2D eigenvalue weighted by atomic mass is 10.1. The number of halogens is 2. The average molecular weight is 292 g/mol. The van der Waals surface area contributed by atoms with Gasteiger partial charge in [-0.1, -0.05) is 49.2 Å². The summed E-state index contributed by atoms with van der Waals surface area (Å²) in [5.41, 5.74) is 1.08. The molecule has 1 nitrogen and oxygen atoms in total. The van der Waals surface area contributed by atoms with E-state index >= 15 is 0 Å². The van der Waals surface area contributed by atoms with E-state index in [1.54, 1.807) is 0 Å². The van der Waals surface area contributed by atoms with Crippen molar-refractivity contribution in [3.05, 3.63) is 33.8 Å². The fourth-order valence-corrected chi connectivity index (χ4v) is 3.04. The van der Waals surface area contributed by atoms with E-state index in [9.17, 15) is 0 Å². The van der Waals surface area contributed by atoms with Crippen molar-refractivity contribution in [2.75, 3.05) is 12.8 Å². The van der Waals surface area contributed by atoms with Gasteiger partial charge in [0.05, 0.1) is 10.0 Å². The van der Waals surface area contributed by atoms with Crippen LogP contribution in [0, 0.1) is 0 Å². The highest BCUT2D eigenvalue weighted by molar-refractivity contribution is 7.99. The second-order valence-corrected chi connectivity index (χ2v) is 6.29. The van der Waals surface area contributed by atoms with Crippen molar-refractivity contribution in [2.24, 2.45) is 0 Å². The number of rotatable bonds is 6. The van der Waals surface area contributed by atoms with E-state index in [0.29, 0.717) is 15.3 Å². The third kappa shape index (κ3) is 4.36. The summed E-state index contributed by atoms with van der Waals surface area (Å²) in [5, 5.41) is 5.26. The fourth-order valence-electron chi connectivity index (χ4n) is 1.50. The van der Waals surface area contributed by atoms with Gasteiger partial charge in [0.1, 0.15) is 0 Å². The Hall–Kier alpha value is 0.110. The van der Waals surface area contributed by atoms with Gasteiger partial charge < -0.3 is 5.32 Å². The summed E-state index contributed by atoms with van der Waals surface area (Å²) >= 11 is 14.2. The van der Waals surface area contributed by atoms with Crippen LogP contribution in [-0.2, 0) is 0 Å². The fraction of sp³-hybridized carbons (Fsp3) is 0.538. The molecule has 0 amide bonds. The summed E-state index contributed by atoms with van der Waals surface area (Å²) in [7, 11) is 1.96. The van der Waals surface area contributed by atoms with Gasteiger partial charge in [0.15, 0.2) is 0 Å². The molecular weight excluding hydrogens is 273 g/mol. The Morgan fingerprint density at radius 1 is 1.35 bits per heavy atom. The van der Waals surface area contributed by atoms with Crippen LogP contribution < -0.4 is 5.32 Å². The van der Waals surface area contributed by atoms with Crippen LogP contribution in [0.5, 0.6) is 0 Å². The Labute approximate surface area is 118 Å². The lowest BCUT2D eigenvalue weighted by Gasteiger charge is -2.20. The number of hydrogen-bond acceptors (Lipinski definition) is 2. The van der Waals surface area contributed by atoms with E-state index < -0.39 is 0 Å². The predicted octanol–water partition coefficient (Wildman–Crippen LogP) is 4.79. The van der Waals surface area contributed by atoms with Gasteiger partial charge in [-0.15, -0.1) is 0 Å². The van der Waals surface area contributed by atoms with Gasteiger partial charge in [0.2, 0.25) is 0 Å². The molecule has 0 aliphatic heterocycles. The van der Waals surface area contributed by atoms with Gasteiger partial charge in [-0.2, -0.15) is 11.8 Å². The molecule has 2 atom stereocenters. The Morgan fingerprint density at radius 2 is 2.06 bits per heavy atom. The first-order chi connectivity index (χ1) is 8.10. The first-order valence-corrected chi connectivity index (χ1v) is 7.63. The molecule has 4 heteroatoms. The van der Waals surface area contributed by atoms with Crippen molar-refractivity contribution >= 4 is 35.0 Å². The smallest absolute Gasteiger partial charge is 0.0640 e. The Morgan fingerprint density at radius 3 is 2.65 bits per heavy atom. The summed E-state index contributed by atoms with van der Waals surface area (Å²) in [4.78, 5) is 0. The molecule has 0 aromatic heterocycles. The maximum atomic E-state index is 6.23. The number of benzene rings is 1. The van der Waals surface area contributed by atoms with Crippen LogP contribution in [0.15, 0.2) is 18.2 Å². The van der Waals surface area contributed by atoms with Crippen LogP contribution in [-0.4, -0.2) is 18.1 Å². The maximum Gasteiger partial charge on any atom is 0.0640 e. The predicted molar refractivity (Wildman–Crippen MR) is 80.5 cm³/mol. The SMILES string of the molecule is CCC(C)SCC(NC)c1cccc(Cl)c1Cl. The summed E-state index contributed by atoms with van der Waals surface area (Å²) < 4.78 is 0. The molecular formula is C13H19Cl2NS. The lowest BCUT2D eigenvalue weighted by molar-refractivity contribution is 0.660. The molecule has 1 aromatic carbocycles. The zero-order valence-corrected chi connectivity index (χ0v) is 12.8. The Kier molecular flexibility index (Phi) is 6.71. The Bertz CT molecular complexity index is 357. The van der Waals surface area contributed by atoms with E-state index in [4.69, 9.17) is 23.2 Å². The largest absolute Gasteiger partial charge is 0.312 e. The lowest BCUT2D eigenvalue weighted by Crippen LogP contribution is -2.20. The van der Waals surface area contributed by atoms with Crippen molar-refractivity contribution in [2.45, 2.75) is 31.6 Å². The molecule has 0 aliphatic carbocycles. The Balaban J connectivity index is 2.76. The first-order valence-electron chi connectivity index (χ1n) is 5.82. The minimum atomic E-state index is 0.250. The first kappa shape index (κ1) is 15.2. The third-order valence-corrected chi connectivity index (χ3v) is 5.09. The topological polar surface area (TPSA) is 12.0 Å². The molecule has 0 aliphatic rings. The number of hydrogen-bond donors (Lipinski definition) is 1. The standard InChI is InChI=1S/C13H19Cl2NS/c1-4-9(2)17-8-12(16-3)10-6-5-7-11(14)13(10)15/h5-7,9,12,16H,4,8H2,1-3H3. The quantitative estimate of drug-likeness (QED) is 0.809. The second-order valence-electron chi connectivity index (χ2n) is 4.04. The highest BCUT2D eigenvalue weighted by atomic mass is 35.5. The molecule has 0 saturated heterocycles. The molecule has 1 aromatic rings. The van der Waals surface area contributed by atoms with Crippen LogP contribution in [0.25, 0.3) is 0 Å². The minimum Gasteiger partial charge on any atom is -0.312 e. The molecule has 17 heavy (non-hydrogen) atoms. The third-order valence-electron chi connectivity index (χ3n) is 2.83. The number of nitrogens with one attached hydrogen (secondary N) is 1. The normalized spacial score (nSPS) is 14.6. The summed E-state index contributed by atoms with van der Waals surface area (Å²) in [6, 6.07) is 6.05. The summed E-state index contributed by atoms with van der Waals surface area (Å²) in [5.74, 6) is 1.01. The van der Waals surface area contributed by atoms with Crippen LogP contribution in [0.3, 0.4) is 0 Å². The summed E-state index contributed by atoms with van der Waals surface area (Å²) in [6.07, 6.45) is 1.18. The van der Waals surface area contributed by atoms with Gasteiger partial charge in [-0.3, -0.25) is 0 Å². The van der Waals surface area contributed by atoms with Crippen LogP contribution in [0.1, 0.15) is 31.9 Å². The van der Waals surface area contributed by atoms with Crippen LogP contribution in [0.4, 0.5) is 0 Å². The van der Waals surface area contributed by atoms with Crippen molar-refractivity contribution in [1.29, 1.82) is 0 Å². The van der Waals surface area contributed by atoms with Gasteiger partial charge >= 0.3 is 0 Å². The molecule has 2 unspecified atom stereocenters. The second kappa shape index (κ2) is 7.52. The van der Waals surface area contributed by atoms with Crippen molar-refractivity contribution in [3.63, 3.8) is 0 Å². The highest BCUT2D eigenvalue weighted by Gasteiger charge is 2.15. The van der Waals surface area contributed by atoms with E-state index in [2.05, 4.69) is 19.2 Å². The van der Waals surface area contributed by atoms with E-state index in [0.717, 1.165) is 11.3 Å². The van der Waals surface area contributed by atoms with Gasteiger partial charge in [-0.25, -0.2) is 0 Å². The maximum absolute atomic E-state index is 6.23. The van der Waals surface area contributed by atoms with Gasteiger partial charge in [-0.05, 0) is 25.1 Å². The zero-order valence-electron chi connectivity index (χ0n) is 10.5. The molecule has 1 rings (SSSR count). The number of thioether (sulfide) groups is 1. The van der Waals surface area contributed by atoms with Crippen LogP contribution in [0.2, 0.25) is 10.0 Å². The van der Waals surface area contributed by atoms with Crippen LogP contribution >= 0.6 is 35.0 Å². The molecule has 0 fully saturated rings. The average Bonchev–Trinajstić information content (AvgIpc) is 2.34. The van der Waals surface area contributed by atoms with Gasteiger partial charge in [0.25, 0.3) is 0 Å². The van der Waals surface area contributed by atoms with E-state index in [1.165, 1.54) is 6.42 Å². The molecule has 0 saturated carbocycles. The monoisotopic (exact) mass is 291 g/mol. The molecule has 1 N–H and O–H groups in total. The molecule has 0 radical (unpaired) electrons. The highest BCUT2D eigenvalue weighted by Crippen LogP contribution is 2.32.